The van der Waals surface area contributed by atoms with E-state index in [0.29, 0.717) is 16.7 Å². The maximum Gasteiger partial charge on any atom is 0.418 e. The molecule has 0 unspecified atom stereocenters. The van der Waals surface area contributed by atoms with Gasteiger partial charge in [-0.2, -0.15) is 13.2 Å². The van der Waals surface area contributed by atoms with Crippen LogP contribution in [-0.4, -0.2) is 19.5 Å². The molecule has 0 fully saturated rings. The molecule has 0 amide bonds. The number of rotatable bonds is 1. The number of pyridine rings is 1. The molecule has 0 atom stereocenters. The number of fused-ring (bicyclic) bond motifs is 1. The molecule has 2 aromatic heterocycles. The monoisotopic (exact) mass is 248 g/mol. The van der Waals surface area contributed by atoms with Crippen LogP contribution in [0.15, 0.2) is 17.1 Å². The molecule has 0 aliphatic carbocycles. The van der Waals surface area contributed by atoms with Gasteiger partial charge in [0.2, 0.25) is 5.65 Å². The average molecular weight is 248 g/mol. The summed E-state index contributed by atoms with van der Waals surface area (Å²) in [7, 11) is 0. The van der Waals surface area contributed by atoms with Gasteiger partial charge in [0.25, 0.3) is 0 Å². The maximum atomic E-state index is 12.4. The molecule has 2 aromatic rings. The van der Waals surface area contributed by atoms with E-state index < -0.39 is 33.7 Å². The third kappa shape index (κ3) is 1.73. The molecule has 0 aliphatic heterocycles. The van der Waals surface area contributed by atoms with Gasteiger partial charge in [0.1, 0.15) is 0 Å². The zero-order chi connectivity index (χ0) is 12.8. The van der Waals surface area contributed by atoms with Crippen molar-refractivity contribution < 1.29 is 18.1 Å². The summed E-state index contributed by atoms with van der Waals surface area (Å²) in [5, 5.41) is 15.7. The van der Waals surface area contributed by atoms with E-state index in [-0.39, 0.29) is 0 Å². The van der Waals surface area contributed by atoms with Crippen molar-refractivity contribution in [2.75, 3.05) is 0 Å². The Labute approximate surface area is 89.6 Å². The number of aromatic nitrogens is 3. The number of nitrogens with zero attached hydrogens (tertiary/aromatic N) is 3. The molecular formula is C7H3F3N4O3. The van der Waals surface area contributed by atoms with Crippen LogP contribution in [0.4, 0.5) is 18.9 Å². The number of aromatic amines is 1. The van der Waals surface area contributed by atoms with Crippen LogP contribution in [0.2, 0.25) is 0 Å². The van der Waals surface area contributed by atoms with E-state index in [0.717, 1.165) is 0 Å². The Bertz CT molecular complexity index is 656. The van der Waals surface area contributed by atoms with Crippen LogP contribution in [0.3, 0.4) is 0 Å². The molecular weight excluding hydrogens is 245 g/mol. The average Bonchev–Trinajstić information content (AvgIpc) is 2.58. The van der Waals surface area contributed by atoms with Gasteiger partial charge in [-0.25, -0.2) is 14.3 Å². The molecule has 17 heavy (non-hydrogen) atoms. The zero-order valence-electron chi connectivity index (χ0n) is 7.85. The van der Waals surface area contributed by atoms with E-state index in [2.05, 4.69) is 5.10 Å². The fraction of sp³-hybridized carbons (Fsp3) is 0.143. The van der Waals surface area contributed by atoms with Gasteiger partial charge >= 0.3 is 17.6 Å². The van der Waals surface area contributed by atoms with E-state index in [9.17, 15) is 28.1 Å². The first-order valence-electron chi connectivity index (χ1n) is 4.13. The molecule has 0 aromatic carbocycles. The van der Waals surface area contributed by atoms with E-state index in [4.69, 9.17) is 0 Å². The first kappa shape index (κ1) is 11.1. The summed E-state index contributed by atoms with van der Waals surface area (Å²) in [6.45, 7) is 0. The lowest BCUT2D eigenvalue weighted by molar-refractivity contribution is -0.383. The Morgan fingerprint density at radius 1 is 1.47 bits per heavy atom. The van der Waals surface area contributed by atoms with Crippen molar-refractivity contribution >= 4 is 11.3 Å². The van der Waals surface area contributed by atoms with Crippen molar-refractivity contribution in [2.45, 2.75) is 6.18 Å². The molecule has 0 bridgehead atoms. The van der Waals surface area contributed by atoms with Crippen LogP contribution in [0.5, 0.6) is 0 Å². The number of H-pyrrole nitrogens is 1. The number of halogens is 3. The quantitative estimate of drug-likeness (QED) is 0.600. The lowest BCUT2D eigenvalue weighted by atomic mass is 10.2. The van der Waals surface area contributed by atoms with E-state index >= 15 is 0 Å². The first-order valence-corrected chi connectivity index (χ1v) is 4.13. The lowest BCUT2D eigenvalue weighted by Gasteiger charge is -2.06. The van der Waals surface area contributed by atoms with Gasteiger partial charge in [-0.15, -0.1) is 5.10 Å². The molecule has 2 heterocycles. The van der Waals surface area contributed by atoms with Crippen LogP contribution in [0.1, 0.15) is 5.56 Å². The van der Waals surface area contributed by atoms with Crippen molar-refractivity contribution in [2.24, 2.45) is 0 Å². The van der Waals surface area contributed by atoms with Gasteiger partial charge in [0.15, 0.2) is 0 Å². The topological polar surface area (TPSA) is 93.3 Å². The highest BCUT2D eigenvalue weighted by Gasteiger charge is 2.34. The summed E-state index contributed by atoms with van der Waals surface area (Å²) >= 11 is 0. The fourth-order valence-electron chi connectivity index (χ4n) is 1.28. The number of nitrogens with one attached hydrogen (secondary N) is 1. The number of nitro groups is 1. The number of hydrogen-bond donors (Lipinski definition) is 1. The highest BCUT2D eigenvalue weighted by molar-refractivity contribution is 5.59. The summed E-state index contributed by atoms with van der Waals surface area (Å²) in [4.78, 5) is 20.6. The van der Waals surface area contributed by atoms with E-state index in [1.165, 1.54) is 0 Å². The zero-order valence-corrected chi connectivity index (χ0v) is 7.85. The van der Waals surface area contributed by atoms with Crippen molar-refractivity contribution in [3.8, 4) is 0 Å². The molecule has 7 nitrogen and oxygen atoms in total. The standard InChI is InChI=1S/C7H3F3N4O3/c8-7(9,10)3-1-4(14(16)17)5-11-12-6(15)13(5)2-3/h1-2H,(H,12,15). The van der Waals surface area contributed by atoms with Crippen molar-refractivity contribution in [3.63, 3.8) is 0 Å². The van der Waals surface area contributed by atoms with E-state index in [1.807, 2.05) is 5.10 Å². The van der Waals surface area contributed by atoms with Crippen molar-refractivity contribution in [3.05, 3.63) is 38.4 Å². The smallest absolute Gasteiger partial charge is 0.258 e. The highest BCUT2D eigenvalue weighted by Crippen LogP contribution is 2.32. The predicted molar refractivity (Wildman–Crippen MR) is 47.5 cm³/mol. The van der Waals surface area contributed by atoms with Gasteiger partial charge in [-0.3, -0.25) is 10.1 Å². The summed E-state index contributed by atoms with van der Waals surface area (Å²) < 4.78 is 37.7. The Balaban J connectivity index is 2.88. The Kier molecular flexibility index (Phi) is 2.16. The second kappa shape index (κ2) is 3.30. The second-order valence-electron chi connectivity index (χ2n) is 3.09. The Morgan fingerprint density at radius 3 is 2.65 bits per heavy atom. The second-order valence-corrected chi connectivity index (χ2v) is 3.09. The van der Waals surface area contributed by atoms with Gasteiger partial charge in [-0.1, -0.05) is 0 Å². The molecule has 0 saturated heterocycles. The van der Waals surface area contributed by atoms with Crippen molar-refractivity contribution in [1.82, 2.24) is 14.6 Å². The molecule has 2 rings (SSSR count). The molecule has 0 spiro atoms. The summed E-state index contributed by atoms with van der Waals surface area (Å²) in [5.41, 5.74) is -3.62. The van der Waals surface area contributed by atoms with Gasteiger partial charge in [0.05, 0.1) is 10.5 Å². The minimum atomic E-state index is -4.78. The van der Waals surface area contributed by atoms with Crippen LogP contribution >= 0.6 is 0 Å². The van der Waals surface area contributed by atoms with Crippen LogP contribution in [0, 0.1) is 10.1 Å². The molecule has 0 radical (unpaired) electrons. The predicted octanol–water partition coefficient (Wildman–Crippen LogP) is 0.950. The fourth-order valence-corrected chi connectivity index (χ4v) is 1.28. The van der Waals surface area contributed by atoms with E-state index in [1.54, 1.807) is 0 Å². The van der Waals surface area contributed by atoms with Crippen LogP contribution in [0.25, 0.3) is 5.65 Å². The first-order chi connectivity index (χ1) is 7.80. The molecule has 90 valence electrons. The Hall–Kier alpha value is -2.39. The maximum absolute atomic E-state index is 12.4. The number of alkyl halides is 3. The lowest BCUT2D eigenvalue weighted by Crippen LogP contribution is -2.14. The summed E-state index contributed by atoms with van der Waals surface area (Å²) in [5.74, 6) is 0. The Morgan fingerprint density at radius 2 is 2.12 bits per heavy atom. The van der Waals surface area contributed by atoms with Gasteiger partial charge in [0, 0.05) is 12.3 Å². The largest absolute Gasteiger partial charge is 0.418 e. The van der Waals surface area contributed by atoms with Gasteiger partial charge in [-0.05, 0) is 0 Å². The summed E-state index contributed by atoms with van der Waals surface area (Å²) in [6.07, 6.45) is -4.33. The normalized spacial score (nSPS) is 11.9. The molecule has 10 heteroatoms. The summed E-state index contributed by atoms with van der Waals surface area (Å²) in [6, 6.07) is 0.329. The SMILES string of the molecule is O=c1[nH]nc2c([N+](=O)[O-])cc(C(F)(F)F)cn12. The van der Waals surface area contributed by atoms with Crippen LogP contribution < -0.4 is 5.69 Å². The van der Waals surface area contributed by atoms with Gasteiger partial charge < -0.3 is 0 Å². The van der Waals surface area contributed by atoms with Crippen molar-refractivity contribution in [1.29, 1.82) is 0 Å². The molecule has 0 aliphatic rings. The van der Waals surface area contributed by atoms with Crippen LogP contribution in [-0.2, 0) is 6.18 Å². The molecule has 0 saturated carbocycles. The third-order valence-electron chi connectivity index (χ3n) is 2.02. The minimum Gasteiger partial charge on any atom is -0.258 e. The highest BCUT2D eigenvalue weighted by atomic mass is 19.4. The molecule has 1 N–H and O–H groups in total. The number of hydrogen-bond acceptors (Lipinski definition) is 4. The minimum absolute atomic E-state index is 0.329. The third-order valence-corrected chi connectivity index (χ3v) is 2.02.